The zero-order valence-corrected chi connectivity index (χ0v) is 18.6. The maximum Gasteiger partial charge on any atom is 0.329 e. The number of benzene rings is 2. The summed E-state index contributed by atoms with van der Waals surface area (Å²) in [5.41, 5.74) is 0.583. The second kappa shape index (κ2) is 10.0. The van der Waals surface area contributed by atoms with Gasteiger partial charge in [-0.2, -0.15) is 0 Å². The van der Waals surface area contributed by atoms with E-state index in [0.717, 1.165) is 11.3 Å². The van der Waals surface area contributed by atoms with E-state index in [2.05, 4.69) is 15.6 Å². The number of hydrogen-bond acceptors (Lipinski definition) is 8. The summed E-state index contributed by atoms with van der Waals surface area (Å²) in [6, 6.07) is 9.67. The molecule has 3 amide bonds. The quantitative estimate of drug-likeness (QED) is 0.402. The van der Waals surface area contributed by atoms with E-state index in [0.29, 0.717) is 10.2 Å². The normalized spacial score (nSPS) is 11.3. The van der Waals surface area contributed by atoms with Crippen molar-refractivity contribution < 1.29 is 32.6 Å². The van der Waals surface area contributed by atoms with Gasteiger partial charge >= 0.3 is 12.0 Å². The van der Waals surface area contributed by atoms with Crippen LogP contribution in [0.2, 0.25) is 5.02 Å². The number of carbonyl (C=O) groups is 3. The lowest BCUT2D eigenvalue weighted by atomic mass is 10.2. The predicted molar refractivity (Wildman–Crippen MR) is 118 cm³/mol. The molecule has 0 radical (unpaired) electrons. The number of aromatic nitrogens is 1. The van der Waals surface area contributed by atoms with Crippen LogP contribution in [0.1, 0.15) is 10.4 Å². The van der Waals surface area contributed by atoms with Crippen molar-refractivity contribution in [1.82, 2.24) is 10.3 Å². The van der Waals surface area contributed by atoms with Gasteiger partial charge in [0, 0.05) is 0 Å². The van der Waals surface area contributed by atoms with Crippen molar-refractivity contribution in [3.05, 3.63) is 53.1 Å². The second-order valence-electron chi connectivity index (χ2n) is 6.30. The molecular formula is C19H16ClN3O7S2. The van der Waals surface area contributed by atoms with E-state index in [4.69, 9.17) is 21.4 Å². The summed E-state index contributed by atoms with van der Waals surface area (Å²) < 4.78 is 30.1. The molecule has 0 spiro atoms. The van der Waals surface area contributed by atoms with Crippen LogP contribution in [0, 0.1) is 0 Å². The number of ether oxygens (including phenoxy) is 1. The minimum Gasteiger partial charge on any atom is -0.480 e. The SMILES string of the molecule is O=C(O)COCCS(=O)(=O)c1ccc2nc(NC(=O)NC(=O)c3ccccc3Cl)sc2c1. The number of nitrogens with one attached hydrogen (secondary N) is 2. The second-order valence-corrected chi connectivity index (χ2v) is 9.85. The Labute approximate surface area is 191 Å². The molecule has 0 saturated carbocycles. The zero-order chi connectivity index (χ0) is 23.3. The molecule has 3 N–H and O–H groups in total. The minimum absolute atomic E-state index is 0.0115. The van der Waals surface area contributed by atoms with Crippen LogP contribution in [0.5, 0.6) is 0 Å². The number of carbonyl (C=O) groups excluding carboxylic acids is 2. The van der Waals surface area contributed by atoms with Gasteiger partial charge in [0.15, 0.2) is 15.0 Å². The highest BCUT2D eigenvalue weighted by Crippen LogP contribution is 2.28. The topological polar surface area (TPSA) is 152 Å². The molecule has 0 bridgehead atoms. The number of anilines is 1. The van der Waals surface area contributed by atoms with E-state index in [1.807, 2.05) is 0 Å². The van der Waals surface area contributed by atoms with Crippen molar-refractivity contribution in [2.75, 3.05) is 24.3 Å². The lowest BCUT2D eigenvalue weighted by Gasteiger charge is -2.05. The first-order valence-electron chi connectivity index (χ1n) is 8.95. The number of fused-ring (bicyclic) bond motifs is 1. The number of sulfone groups is 1. The third-order valence-electron chi connectivity index (χ3n) is 4.01. The Bertz CT molecular complexity index is 1290. The van der Waals surface area contributed by atoms with Gasteiger partial charge in [0.1, 0.15) is 6.61 Å². The fraction of sp³-hybridized carbons (Fsp3) is 0.158. The molecule has 10 nitrogen and oxygen atoms in total. The summed E-state index contributed by atoms with van der Waals surface area (Å²) in [6.07, 6.45) is 0. The Morgan fingerprint density at radius 3 is 2.62 bits per heavy atom. The molecule has 0 atom stereocenters. The molecule has 0 unspecified atom stereocenters. The number of rotatable bonds is 8. The summed E-state index contributed by atoms with van der Waals surface area (Å²) in [5, 5.41) is 13.4. The van der Waals surface area contributed by atoms with Crippen LogP contribution in [-0.2, 0) is 19.4 Å². The van der Waals surface area contributed by atoms with E-state index >= 15 is 0 Å². The van der Waals surface area contributed by atoms with E-state index in [-0.39, 0.29) is 33.0 Å². The maximum atomic E-state index is 12.4. The molecule has 0 aliphatic carbocycles. The number of aliphatic carboxylic acids is 1. The largest absolute Gasteiger partial charge is 0.480 e. The van der Waals surface area contributed by atoms with E-state index in [1.165, 1.54) is 30.3 Å². The first-order valence-corrected chi connectivity index (χ1v) is 11.8. The van der Waals surface area contributed by atoms with Gasteiger partial charge in [-0.25, -0.2) is 23.0 Å². The zero-order valence-electron chi connectivity index (χ0n) is 16.2. The smallest absolute Gasteiger partial charge is 0.329 e. The molecule has 13 heteroatoms. The molecular weight excluding hydrogens is 482 g/mol. The van der Waals surface area contributed by atoms with Gasteiger partial charge in [-0.05, 0) is 30.3 Å². The Morgan fingerprint density at radius 2 is 1.91 bits per heavy atom. The number of halogens is 1. The number of carboxylic acid groups (broad SMARTS) is 1. The predicted octanol–water partition coefficient (Wildman–Crippen LogP) is 2.79. The Hall–Kier alpha value is -3.06. The summed E-state index contributed by atoms with van der Waals surface area (Å²) in [6.45, 7) is -0.846. The van der Waals surface area contributed by atoms with Crippen LogP contribution < -0.4 is 10.6 Å². The lowest BCUT2D eigenvalue weighted by Crippen LogP contribution is -2.34. The van der Waals surface area contributed by atoms with Crippen molar-refractivity contribution in [3.63, 3.8) is 0 Å². The van der Waals surface area contributed by atoms with Gasteiger partial charge in [-0.3, -0.25) is 15.4 Å². The number of hydrogen-bond donors (Lipinski definition) is 3. The molecule has 3 rings (SSSR count). The van der Waals surface area contributed by atoms with Gasteiger partial charge in [0.25, 0.3) is 5.91 Å². The van der Waals surface area contributed by atoms with Gasteiger partial charge in [0.05, 0.1) is 38.1 Å². The molecule has 0 aliphatic rings. The van der Waals surface area contributed by atoms with Gasteiger partial charge in [0.2, 0.25) is 0 Å². The Kier molecular flexibility index (Phi) is 7.40. The number of urea groups is 1. The lowest BCUT2D eigenvalue weighted by molar-refractivity contribution is -0.142. The number of nitrogens with zero attached hydrogens (tertiary/aromatic N) is 1. The summed E-state index contributed by atoms with van der Waals surface area (Å²) in [7, 11) is -3.71. The standard InChI is InChI=1S/C19H16ClN3O7S2/c20-13-4-2-1-3-12(13)17(26)22-18(27)23-19-21-14-6-5-11(9-15(14)31-19)32(28,29)8-7-30-10-16(24)25/h1-6,9H,7-8,10H2,(H,24,25)(H2,21,22,23,26,27). The summed E-state index contributed by atoms with van der Waals surface area (Å²) in [5.74, 6) is -2.26. The maximum absolute atomic E-state index is 12.4. The highest BCUT2D eigenvalue weighted by Gasteiger charge is 2.18. The summed E-state index contributed by atoms with van der Waals surface area (Å²) in [4.78, 5) is 38.9. The van der Waals surface area contributed by atoms with Gasteiger partial charge in [-0.15, -0.1) is 0 Å². The first kappa shape index (κ1) is 23.6. The van der Waals surface area contributed by atoms with E-state index in [1.54, 1.807) is 12.1 Å². The molecule has 3 aromatic rings. The average molecular weight is 498 g/mol. The fourth-order valence-electron chi connectivity index (χ4n) is 2.54. The van der Waals surface area contributed by atoms with Crippen molar-refractivity contribution in [2.24, 2.45) is 0 Å². The molecule has 32 heavy (non-hydrogen) atoms. The molecule has 2 aromatic carbocycles. The third kappa shape index (κ3) is 6.01. The monoisotopic (exact) mass is 497 g/mol. The molecule has 168 valence electrons. The van der Waals surface area contributed by atoms with Crippen LogP contribution in [0.15, 0.2) is 47.4 Å². The van der Waals surface area contributed by atoms with Crippen LogP contribution in [-0.4, -0.2) is 55.4 Å². The number of carboxylic acids is 1. The van der Waals surface area contributed by atoms with E-state index in [9.17, 15) is 22.8 Å². The van der Waals surface area contributed by atoms with E-state index < -0.39 is 34.4 Å². The van der Waals surface area contributed by atoms with Crippen LogP contribution in [0.25, 0.3) is 10.2 Å². The number of amides is 3. The molecule has 1 aromatic heterocycles. The minimum atomic E-state index is -3.71. The van der Waals surface area contributed by atoms with Gasteiger partial charge in [-0.1, -0.05) is 35.1 Å². The Morgan fingerprint density at radius 1 is 1.16 bits per heavy atom. The highest BCUT2D eigenvalue weighted by atomic mass is 35.5. The molecule has 0 saturated heterocycles. The molecule has 1 heterocycles. The number of imide groups is 1. The highest BCUT2D eigenvalue weighted by molar-refractivity contribution is 7.91. The van der Waals surface area contributed by atoms with Gasteiger partial charge < -0.3 is 9.84 Å². The number of thiazole rings is 1. The van der Waals surface area contributed by atoms with Crippen molar-refractivity contribution in [3.8, 4) is 0 Å². The van der Waals surface area contributed by atoms with Crippen LogP contribution >= 0.6 is 22.9 Å². The summed E-state index contributed by atoms with van der Waals surface area (Å²) >= 11 is 6.96. The van der Waals surface area contributed by atoms with Crippen molar-refractivity contribution in [1.29, 1.82) is 0 Å². The fourth-order valence-corrected chi connectivity index (χ4v) is 4.88. The van der Waals surface area contributed by atoms with Crippen molar-refractivity contribution in [2.45, 2.75) is 4.90 Å². The third-order valence-corrected chi connectivity index (χ3v) is 6.95. The average Bonchev–Trinajstić information content (AvgIpc) is 3.12. The van der Waals surface area contributed by atoms with Crippen LogP contribution in [0.3, 0.4) is 0 Å². The Balaban J connectivity index is 1.66. The molecule has 0 fully saturated rings. The van der Waals surface area contributed by atoms with Crippen LogP contribution in [0.4, 0.5) is 9.93 Å². The molecule has 0 aliphatic heterocycles. The van der Waals surface area contributed by atoms with Crippen molar-refractivity contribution >= 4 is 66.0 Å². The first-order chi connectivity index (χ1) is 15.2.